The van der Waals surface area contributed by atoms with E-state index >= 15 is 0 Å². The predicted octanol–water partition coefficient (Wildman–Crippen LogP) is 3.46. The molecule has 1 aromatic rings. The Kier molecular flexibility index (Phi) is 4.24. The van der Waals surface area contributed by atoms with Crippen molar-refractivity contribution < 1.29 is 5.11 Å². The Balaban J connectivity index is 2.16. The number of hydrogen-bond acceptors (Lipinski definition) is 2. The number of nitrogens with zero attached hydrogens (tertiary/aromatic N) is 1. The van der Waals surface area contributed by atoms with Crippen LogP contribution in [-0.4, -0.2) is 35.2 Å². The molecule has 0 atom stereocenters. The summed E-state index contributed by atoms with van der Waals surface area (Å²) in [5.74, 6) is 0. The third kappa shape index (κ3) is 3.13. The maximum Gasteiger partial charge on any atom is 0.0528 e. The van der Waals surface area contributed by atoms with Gasteiger partial charge in [0.05, 0.1) is 6.61 Å². The predicted molar refractivity (Wildman–Crippen MR) is 80.8 cm³/mol. The van der Waals surface area contributed by atoms with Gasteiger partial charge in [-0.2, -0.15) is 0 Å². The molecule has 2 nitrogen and oxygen atoms in total. The van der Waals surface area contributed by atoms with Gasteiger partial charge in [0.15, 0.2) is 0 Å². The van der Waals surface area contributed by atoms with Crippen molar-refractivity contribution in [2.24, 2.45) is 0 Å². The van der Waals surface area contributed by atoms with Crippen LogP contribution in [0, 0.1) is 0 Å². The third-order valence-corrected chi connectivity index (χ3v) is 4.68. The maximum atomic E-state index is 9.90. The number of hydrogen-bond donors (Lipinski definition) is 1. The highest BCUT2D eigenvalue weighted by Gasteiger charge is 2.38. The molecule has 0 saturated carbocycles. The molecule has 1 aliphatic heterocycles. The molecule has 3 heteroatoms. The topological polar surface area (TPSA) is 23.5 Å². The van der Waals surface area contributed by atoms with Gasteiger partial charge >= 0.3 is 0 Å². The zero-order chi connectivity index (χ0) is 14.1. The van der Waals surface area contributed by atoms with Gasteiger partial charge in [0.1, 0.15) is 0 Å². The molecule has 1 N–H and O–H groups in total. The molecule has 1 aliphatic rings. The summed E-state index contributed by atoms with van der Waals surface area (Å²) in [7, 11) is 0. The average Bonchev–Trinajstić information content (AvgIpc) is 2.38. The molecule has 1 fully saturated rings. The minimum absolute atomic E-state index is 0.0909. The first-order valence-electron chi connectivity index (χ1n) is 6.99. The fraction of sp³-hybridized carbons (Fsp3) is 0.625. The molecule has 0 aliphatic carbocycles. The van der Waals surface area contributed by atoms with Crippen molar-refractivity contribution in [2.45, 2.75) is 44.6 Å². The standard InChI is InChI=1S/C16H24ClNO/c1-15(2,3)18-10-8-16(12-19,9-11-18)13-4-6-14(17)7-5-13/h4-7,19H,8-12H2,1-3H3. The molecule has 0 amide bonds. The van der Waals surface area contributed by atoms with Crippen molar-refractivity contribution in [3.63, 3.8) is 0 Å². The Morgan fingerprint density at radius 2 is 1.68 bits per heavy atom. The molecule has 0 aromatic heterocycles. The zero-order valence-corrected chi connectivity index (χ0v) is 12.9. The molecule has 0 unspecified atom stereocenters. The summed E-state index contributed by atoms with van der Waals surface area (Å²) < 4.78 is 0. The van der Waals surface area contributed by atoms with E-state index in [0.29, 0.717) is 0 Å². The summed E-state index contributed by atoms with van der Waals surface area (Å²) in [6.45, 7) is 9.04. The van der Waals surface area contributed by atoms with Gasteiger partial charge in [-0.25, -0.2) is 0 Å². The normalized spacial score (nSPS) is 20.5. The quantitative estimate of drug-likeness (QED) is 0.897. The molecule has 0 radical (unpaired) electrons. The van der Waals surface area contributed by atoms with E-state index in [-0.39, 0.29) is 17.6 Å². The lowest BCUT2D eigenvalue weighted by Crippen LogP contribution is -2.51. The van der Waals surface area contributed by atoms with Gasteiger partial charge in [-0.3, -0.25) is 4.90 Å². The van der Waals surface area contributed by atoms with Gasteiger partial charge in [0, 0.05) is 16.0 Å². The summed E-state index contributed by atoms with van der Waals surface area (Å²) in [4.78, 5) is 2.50. The number of aliphatic hydroxyl groups excluding tert-OH is 1. The summed E-state index contributed by atoms with van der Waals surface area (Å²) >= 11 is 5.95. The Bertz CT molecular complexity index is 413. The minimum atomic E-state index is -0.0909. The molecule has 0 spiro atoms. The fourth-order valence-corrected chi connectivity index (χ4v) is 3.07. The van der Waals surface area contributed by atoms with Crippen LogP contribution in [0.2, 0.25) is 5.02 Å². The van der Waals surface area contributed by atoms with E-state index in [1.165, 1.54) is 5.56 Å². The first-order chi connectivity index (χ1) is 8.87. The highest BCUT2D eigenvalue weighted by molar-refractivity contribution is 6.30. The van der Waals surface area contributed by atoms with Crippen LogP contribution in [0.15, 0.2) is 24.3 Å². The molecule has 19 heavy (non-hydrogen) atoms. The largest absolute Gasteiger partial charge is 0.395 e. The first kappa shape index (κ1) is 14.8. The summed E-state index contributed by atoms with van der Waals surface area (Å²) in [5, 5.41) is 10.7. The van der Waals surface area contributed by atoms with Crippen LogP contribution in [-0.2, 0) is 5.41 Å². The van der Waals surface area contributed by atoms with E-state index in [0.717, 1.165) is 31.0 Å². The van der Waals surface area contributed by atoms with E-state index in [1.54, 1.807) is 0 Å². The van der Waals surface area contributed by atoms with E-state index in [9.17, 15) is 5.11 Å². The number of piperidine rings is 1. The molecule has 1 saturated heterocycles. The SMILES string of the molecule is CC(C)(C)N1CCC(CO)(c2ccc(Cl)cc2)CC1. The van der Waals surface area contributed by atoms with Crippen LogP contribution >= 0.6 is 11.6 Å². The third-order valence-electron chi connectivity index (χ3n) is 4.43. The molecule has 106 valence electrons. The number of rotatable bonds is 2. The van der Waals surface area contributed by atoms with Gasteiger partial charge in [-0.15, -0.1) is 0 Å². The second kappa shape index (κ2) is 5.43. The van der Waals surface area contributed by atoms with Gasteiger partial charge in [-0.05, 0) is 64.4 Å². The van der Waals surface area contributed by atoms with Crippen LogP contribution < -0.4 is 0 Å². The van der Waals surface area contributed by atoms with Crippen LogP contribution in [0.3, 0.4) is 0 Å². The van der Waals surface area contributed by atoms with Gasteiger partial charge in [0.25, 0.3) is 0 Å². The first-order valence-corrected chi connectivity index (χ1v) is 7.37. The Morgan fingerprint density at radius 1 is 1.16 bits per heavy atom. The van der Waals surface area contributed by atoms with Crippen LogP contribution in [0.4, 0.5) is 0 Å². The summed E-state index contributed by atoms with van der Waals surface area (Å²) in [6, 6.07) is 7.96. The Labute approximate surface area is 121 Å². The van der Waals surface area contributed by atoms with Crippen LogP contribution in [0.25, 0.3) is 0 Å². The maximum absolute atomic E-state index is 9.90. The molecular weight excluding hydrogens is 258 g/mol. The van der Waals surface area contributed by atoms with Crippen molar-refractivity contribution in [2.75, 3.05) is 19.7 Å². The van der Waals surface area contributed by atoms with E-state index in [4.69, 9.17) is 11.6 Å². The lowest BCUT2D eigenvalue weighted by Gasteiger charge is -2.46. The number of likely N-dealkylation sites (tertiary alicyclic amines) is 1. The highest BCUT2D eigenvalue weighted by Crippen LogP contribution is 2.37. The van der Waals surface area contributed by atoms with E-state index in [1.807, 2.05) is 12.1 Å². The van der Waals surface area contributed by atoms with E-state index < -0.39 is 0 Å². The average molecular weight is 282 g/mol. The number of benzene rings is 1. The van der Waals surface area contributed by atoms with Crippen molar-refractivity contribution in [1.29, 1.82) is 0 Å². The van der Waals surface area contributed by atoms with E-state index in [2.05, 4.69) is 37.8 Å². The van der Waals surface area contributed by atoms with Crippen LogP contribution in [0.5, 0.6) is 0 Å². The van der Waals surface area contributed by atoms with Crippen molar-refractivity contribution >= 4 is 11.6 Å². The van der Waals surface area contributed by atoms with Gasteiger partial charge in [0.2, 0.25) is 0 Å². The molecule has 0 bridgehead atoms. The lowest BCUT2D eigenvalue weighted by atomic mass is 9.73. The summed E-state index contributed by atoms with van der Waals surface area (Å²) in [6.07, 6.45) is 2.00. The number of aliphatic hydroxyl groups is 1. The molecule has 2 rings (SSSR count). The smallest absolute Gasteiger partial charge is 0.0528 e. The lowest BCUT2D eigenvalue weighted by molar-refractivity contribution is 0.0493. The highest BCUT2D eigenvalue weighted by atomic mass is 35.5. The zero-order valence-electron chi connectivity index (χ0n) is 12.1. The van der Waals surface area contributed by atoms with Gasteiger partial charge < -0.3 is 5.11 Å². The monoisotopic (exact) mass is 281 g/mol. The second-order valence-corrected chi connectivity index (χ2v) is 7.04. The van der Waals surface area contributed by atoms with Crippen molar-refractivity contribution in [3.8, 4) is 0 Å². The van der Waals surface area contributed by atoms with Crippen molar-refractivity contribution in [3.05, 3.63) is 34.9 Å². The molecule has 1 aromatic carbocycles. The van der Waals surface area contributed by atoms with Gasteiger partial charge in [-0.1, -0.05) is 23.7 Å². The molecule has 1 heterocycles. The minimum Gasteiger partial charge on any atom is -0.395 e. The summed E-state index contributed by atoms with van der Waals surface area (Å²) in [5.41, 5.74) is 1.33. The second-order valence-electron chi connectivity index (χ2n) is 6.60. The van der Waals surface area contributed by atoms with Crippen molar-refractivity contribution in [1.82, 2.24) is 4.90 Å². The fourth-order valence-electron chi connectivity index (χ4n) is 2.95. The Morgan fingerprint density at radius 3 is 2.11 bits per heavy atom. The number of halogens is 1. The van der Waals surface area contributed by atoms with Crippen LogP contribution in [0.1, 0.15) is 39.2 Å². The Hall–Kier alpha value is -0.570. The molecular formula is C16H24ClNO.